The molecule has 0 saturated carbocycles. The van der Waals surface area contributed by atoms with Crippen LogP contribution in [0.2, 0.25) is 0 Å². The second-order valence-corrected chi connectivity index (χ2v) is 6.39. The van der Waals surface area contributed by atoms with Gasteiger partial charge in [0.2, 0.25) is 0 Å². The van der Waals surface area contributed by atoms with E-state index in [1.165, 1.54) is 6.42 Å². The summed E-state index contributed by atoms with van der Waals surface area (Å²) in [5, 5.41) is 14.8. The van der Waals surface area contributed by atoms with Gasteiger partial charge in [0.25, 0.3) is 0 Å². The summed E-state index contributed by atoms with van der Waals surface area (Å²) in [5.41, 5.74) is -0.0591. The Morgan fingerprint density at radius 2 is 2.05 bits per heavy atom. The van der Waals surface area contributed by atoms with Crippen LogP contribution in [0.5, 0.6) is 0 Å². The predicted molar refractivity (Wildman–Crippen MR) is 79.7 cm³/mol. The second kappa shape index (κ2) is 9.19. The van der Waals surface area contributed by atoms with Crippen LogP contribution in [0, 0.1) is 5.41 Å². The van der Waals surface area contributed by atoms with Gasteiger partial charge in [-0.1, -0.05) is 13.8 Å². The maximum absolute atomic E-state index is 11.6. The summed E-state index contributed by atoms with van der Waals surface area (Å²) in [4.78, 5) is 11.6. The fourth-order valence-corrected chi connectivity index (χ4v) is 2.29. The zero-order valence-electron chi connectivity index (χ0n) is 12.9. The lowest BCUT2D eigenvalue weighted by molar-refractivity contribution is 0.0120. The molecule has 0 aliphatic carbocycles. The average molecular weight is 286 g/mol. The van der Waals surface area contributed by atoms with Crippen LogP contribution >= 0.6 is 0 Å². The van der Waals surface area contributed by atoms with Crippen LogP contribution in [0.3, 0.4) is 0 Å². The molecular weight excluding hydrogens is 256 g/mol. The number of urea groups is 1. The van der Waals surface area contributed by atoms with Crippen LogP contribution < -0.4 is 10.6 Å². The summed E-state index contributed by atoms with van der Waals surface area (Å²) in [6.45, 7) is 6.40. The van der Waals surface area contributed by atoms with Gasteiger partial charge in [-0.15, -0.1) is 0 Å². The maximum atomic E-state index is 11.6. The summed E-state index contributed by atoms with van der Waals surface area (Å²) in [5.74, 6) is 0. The molecule has 20 heavy (non-hydrogen) atoms. The molecule has 1 rings (SSSR count). The van der Waals surface area contributed by atoms with Crippen molar-refractivity contribution < 1.29 is 14.6 Å². The van der Waals surface area contributed by atoms with E-state index < -0.39 is 0 Å². The fraction of sp³-hybridized carbons (Fsp3) is 0.933. The molecule has 2 amide bonds. The Labute approximate surface area is 122 Å². The minimum Gasteiger partial charge on any atom is -0.396 e. The van der Waals surface area contributed by atoms with Crippen molar-refractivity contribution in [2.45, 2.75) is 58.5 Å². The Bertz CT molecular complexity index is 276. The zero-order chi connectivity index (χ0) is 14.8. The number of nitrogens with one attached hydrogen (secondary N) is 2. The number of aliphatic hydroxyl groups is 1. The number of hydrogen-bond donors (Lipinski definition) is 3. The molecule has 0 spiro atoms. The topological polar surface area (TPSA) is 70.6 Å². The highest BCUT2D eigenvalue weighted by molar-refractivity contribution is 5.73. The first-order chi connectivity index (χ1) is 9.53. The lowest BCUT2D eigenvalue weighted by Gasteiger charge is -2.22. The minimum atomic E-state index is -0.109. The third-order valence-corrected chi connectivity index (χ3v) is 3.77. The van der Waals surface area contributed by atoms with E-state index >= 15 is 0 Å². The summed E-state index contributed by atoms with van der Waals surface area (Å²) in [6, 6.07) is -0.109. The number of ether oxygens (including phenoxy) is 1. The van der Waals surface area contributed by atoms with Crippen molar-refractivity contribution in [2.24, 2.45) is 5.41 Å². The molecule has 1 heterocycles. The van der Waals surface area contributed by atoms with Gasteiger partial charge in [0.05, 0.1) is 6.10 Å². The molecule has 0 aromatic carbocycles. The first kappa shape index (κ1) is 17.2. The molecule has 1 atom stereocenters. The molecule has 5 heteroatoms. The van der Waals surface area contributed by atoms with E-state index in [-0.39, 0.29) is 18.1 Å². The summed E-state index contributed by atoms with van der Waals surface area (Å²) in [7, 11) is 0. The van der Waals surface area contributed by atoms with E-state index in [0.29, 0.717) is 19.2 Å². The SMILES string of the molecule is CC(C)(CO)CCCNC(=O)NCCC1CCCCO1. The van der Waals surface area contributed by atoms with E-state index in [4.69, 9.17) is 9.84 Å². The molecule has 1 aliphatic heterocycles. The van der Waals surface area contributed by atoms with Gasteiger partial charge in [-0.25, -0.2) is 4.79 Å². The van der Waals surface area contributed by atoms with Gasteiger partial charge in [0, 0.05) is 26.3 Å². The molecular formula is C15H30N2O3. The number of carbonyl (C=O) groups is 1. The smallest absolute Gasteiger partial charge is 0.314 e. The van der Waals surface area contributed by atoms with Crippen molar-refractivity contribution in [3.8, 4) is 0 Å². The van der Waals surface area contributed by atoms with E-state index in [2.05, 4.69) is 10.6 Å². The normalized spacial score (nSPS) is 19.6. The quantitative estimate of drug-likeness (QED) is 0.598. The first-order valence-electron chi connectivity index (χ1n) is 7.78. The summed E-state index contributed by atoms with van der Waals surface area (Å²) >= 11 is 0. The number of amides is 2. The Morgan fingerprint density at radius 3 is 2.70 bits per heavy atom. The molecule has 0 aromatic heterocycles. The Kier molecular flexibility index (Phi) is 7.92. The van der Waals surface area contributed by atoms with Crippen molar-refractivity contribution in [3.05, 3.63) is 0 Å². The molecule has 118 valence electrons. The third kappa shape index (κ3) is 7.70. The van der Waals surface area contributed by atoms with Gasteiger partial charge in [-0.3, -0.25) is 0 Å². The molecule has 0 aromatic rings. The lowest BCUT2D eigenvalue weighted by Crippen LogP contribution is -2.38. The Hall–Kier alpha value is -0.810. The third-order valence-electron chi connectivity index (χ3n) is 3.77. The van der Waals surface area contributed by atoms with E-state index in [1.54, 1.807) is 0 Å². The van der Waals surface area contributed by atoms with E-state index in [1.807, 2.05) is 13.8 Å². The standard InChI is InChI=1S/C15H30N2O3/c1-15(2,12-18)8-5-9-16-14(19)17-10-7-13-6-3-4-11-20-13/h13,18H,3-12H2,1-2H3,(H2,16,17,19). The van der Waals surface area contributed by atoms with Crippen LogP contribution in [-0.4, -0.2) is 43.5 Å². The van der Waals surface area contributed by atoms with Gasteiger partial charge in [0.1, 0.15) is 0 Å². The van der Waals surface area contributed by atoms with Crippen molar-refractivity contribution in [1.82, 2.24) is 10.6 Å². The second-order valence-electron chi connectivity index (χ2n) is 6.39. The Balaban J connectivity index is 1.97. The van der Waals surface area contributed by atoms with Crippen LogP contribution in [0.1, 0.15) is 52.4 Å². The highest BCUT2D eigenvalue weighted by Gasteiger charge is 2.16. The summed E-state index contributed by atoms with van der Waals surface area (Å²) < 4.78 is 5.61. The first-order valence-corrected chi connectivity index (χ1v) is 7.78. The zero-order valence-corrected chi connectivity index (χ0v) is 12.9. The molecule has 0 radical (unpaired) electrons. The van der Waals surface area contributed by atoms with Gasteiger partial charge in [-0.05, 0) is 43.9 Å². The lowest BCUT2D eigenvalue weighted by atomic mass is 9.89. The van der Waals surface area contributed by atoms with Crippen LogP contribution in [0.4, 0.5) is 4.79 Å². The fourth-order valence-electron chi connectivity index (χ4n) is 2.29. The minimum absolute atomic E-state index is 0.0591. The van der Waals surface area contributed by atoms with Gasteiger partial charge in [0.15, 0.2) is 0 Å². The highest BCUT2D eigenvalue weighted by Crippen LogP contribution is 2.20. The van der Waals surface area contributed by atoms with Gasteiger partial charge < -0.3 is 20.5 Å². The summed E-state index contributed by atoms with van der Waals surface area (Å²) in [6.07, 6.45) is 6.50. The van der Waals surface area contributed by atoms with E-state index in [0.717, 1.165) is 38.7 Å². The number of carbonyl (C=O) groups excluding carboxylic acids is 1. The van der Waals surface area contributed by atoms with Crippen molar-refractivity contribution in [1.29, 1.82) is 0 Å². The molecule has 1 fully saturated rings. The van der Waals surface area contributed by atoms with E-state index in [9.17, 15) is 4.79 Å². The maximum Gasteiger partial charge on any atom is 0.314 e. The van der Waals surface area contributed by atoms with Crippen molar-refractivity contribution in [3.63, 3.8) is 0 Å². The van der Waals surface area contributed by atoms with Crippen LogP contribution in [-0.2, 0) is 4.74 Å². The number of aliphatic hydroxyl groups excluding tert-OH is 1. The number of hydrogen-bond acceptors (Lipinski definition) is 3. The largest absolute Gasteiger partial charge is 0.396 e. The van der Waals surface area contributed by atoms with Gasteiger partial charge >= 0.3 is 6.03 Å². The highest BCUT2D eigenvalue weighted by atomic mass is 16.5. The predicted octanol–water partition coefficient (Wildman–Crippen LogP) is 2.04. The van der Waals surface area contributed by atoms with Crippen LogP contribution in [0.15, 0.2) is 0 Å². The Morgan fingerprint density at radius 1 is 1.30 bits per heavy atom. The monoisotopic (exact) mass is 286 g/mol. The van der Waals surface area contributed by atoms with Crippen molar-refractivity contribution >= 4 is 6.03 Å². The molecule has 1 saturated heterocycles. The molecule has 5 nitrogen and oxygen atoms in total. The van der Waals surface area contributed by atoms with Crippen LogP contribution in [0.25, 0.3) is 0 Å². The molecule has 1 aliphatic rings. The molecule has 3 N–H and O–H groups in total. The van der Waals surface area contributed by atoms with Gasteiger partial charge in [-0.2, -0.15) is 0 Å². The van der Waals surface area contributed by atoms with Crippen molar-refractivity contribution in [2.75, 3.05) is 26.3 Å². The molecule has 0 bridgehead atoms. The molecule has 1 unspecified atom stereocenters. The average Bonchev–Trinajstić information content (AvgIpc) is 2.45. The number of rotatable bonds is 8.